The Kier molecular flexibility index (Phi) is 2.98. The van der Waals surface area contributed by atoms with Crippen molar-refractivity contribution in [2.75, 3.05) is 6.61 Å². The van der Waals surface area contributed by atoms with Crippen molar-refractivity contribution in [3.63, 3.8) is 0 Å². The number of Topliss-reactive ketones (excluding diaryl/α,β-unsaturated/α-hetero) is 1. The maximum atomic E-state index is 11.1. The van der Waals surface area contributed by atoms with E-state index in [0.29, 0.717) is 6.61 Å². The second kappa shape index (κ2) is 4.01. The second-order valence-corrected chi connectivity index (χ2v) is 2.70. The lowest BCUT2D eigenvalue weighted by atomic mass is 9.80. The number of ether oxygens (including phenoxy) is 1. The summed E-state index contributed by atoms with van der Waals surface area (Å²) in [7, 11) is 0. The molecule has 0 saturated heterocycles. The van der Waals surface area contributed by atoms with Crippen LogP contribution in [-0.2, 0) is 9.53 Å². The Bertz CT molecular complexity index is 356. The van der Waals surface area contributed by atoms with Gasteiger partial charge in [0, 0.05) is 6.61 Å². The minimum atomic E-state index is -1.23. The Hall–Kier alpha value is -1.69. The molecule has 1 aliphatic rings. The molecule has 0 bridgehead atoms. The van der Waals surface area contributed by atoms with Crippen molar-refractivity contribution in [3.05, 3.63) is 11.1 Å². The fourth-order valence-electron chi connectivity index (χ4n) is 1.26. The molecule has 0 heterocycles. The van der Waals surface area contributed by atoms with Crippen molar-refractivity contribution in [3.8, 4) is 12.1 Å². The van der Waals surface area contributed by atoms with E-state index in [1.165, 1.54) is 0 Å². The van der Waals surface area contributed by atoms with Crippen molar-refractivity contribution in [1.82, 2.24) is 0 Å². The average Bonchev–Trinajstić information content (AvgIpc) is 2.22. The highest BCUT2D eigenvalue weighted by atomic mass is 16.5. The monoisotopic (exact) mass is 192 g/mol. The number of carbonyl (C=O) groups is 1. The molecule has 0 aromatic carbocycles. The van der Waals surface area contributed by atoms with Gasteiger partial charge in [0.05, 0.1) is 5.57 Å². The molecule has 0 amide bonds. The zero-order valence-corrected chi connectivity index (χ0v) is 7.52. The molecule has 5 nitrogen and oxygen atoms in total. The molecular formula is C9H8N2O3. The Morgan fingerprint density at radius 2 is 2.14 bits per heavy atom. The molecular weight excluding hydrogens is 184 g/mol. The first-order valence-corrected chi connectivity index (χ1v) is 4.05. The zero-order valence-electron chi connectivity index (χ0n) is 7.52. The van der Waals surface area contributed by atoms with E-state index in [2.05, 4.69) is 0 Å². The average molecular weight is 192 g/mol. The molecule has 2 unspecified atom stereocenters. The lowest BCUT2D eigenvalue weighted by Crippen LogP contribution is -2.52. The summed E-state index contributed by atoms with van der Waals surface area (Å²) < 4.78 is 5.03. The number of hydrogen-bond donors (Lipinski definition) is 1. The molecule has 1 rings (SSSR count). The van der Waals surface area contributed by atoms with E-state index in [4.69, 9.17) is 15.3 Å². The van der Waals surface area contributed by atoms with E-state index in [1.54, 1.807) is 19.1 Å². The van der Waals surface area contributed by atoms with Gasteiger partial charge in [-0.25, -0.2) is 0 Å². The Morgan fingerprint density at radius 3 is 2.57 bits per heavy atom. The van der Waals surface area contributed by atoms with E-state index in [9.17, 15) is 9.90 Å². The predicted molar refractivity (Wildman–Crippen MR) is 44.7 cm³/mol. The highest BCUT2D eigenvalue weighted by molar-refractivity contribution is 6.09. The molecule has 1 aliphatic carbocycles. The number of hydrogen-bond acceptors (Lipinski definition) is 5. The molecule has 14 heavy (non-hydrogen) atoms. The van der Waals surface area contributed by atoms with Gasteiger partial charge in [-0.15, -0.1) is 0 Å². The molecule has 1 fully saturated rings. The minimum Gasteiger partial charge on any atom is -0.382 e. The van der Waals surface area contributed by atoms with Crippen LogP contribution in [0.4, 0.5) is 0 Å². The second-order valence-electron chi connectivity index (χ2n) is 2.70. The summed E-state index contributed by atoms with van der Waals surface area (Å²) in [5.41, 5.74) is -0.289. The number of allylic oxidation sites excluding steroid dienone is 1. The van der Waals surface area contributed by atoms with Crippen LogP contribution in [-0.4, -0.2) is 29.7 Å². The van der Waals surface area contributed by atoms with E-state index in [0.717, 1.165) is 0 Å². The fraction of sp³-hybridized carbons (Fsp3) is 0.444. The maximum Gasteiger partial charge on any atom is 0.195 e. The third kappa shape index (κ3) is 1.39. The SMILES string of the molecule is CCOC1C(=C(C#N)C#N)C(=O)C1O. The minimum absolute atomic E-state index is 0.00986. The van der Waals surface area contributed by atoms with Crippen LogP contribution in [0.25, 0.3) is 0 Å². The van der Waals surface area contributed by atoms with Crippen LogP contribution >= 0.6 is 0 Å². The highest BCUT2D eigenvalue weighted by Crippen LogP contribution is 2.29. The smallest absolute Gasteiger partial charge is 0.195 e. The van der Waals surface area contributed by atoms with E-state index < -0.39 is 18.0 Å². The molecule has 0 aromatic heterocycles. The number of carbonyl (C=O) groups excluding carboxylic acids is 1. The molecule has 1 saturated carbocycles. The van der Waals surface area contributed by atoms with Gasteiger partial charge in [0.2, 0.25) is 0 Å². The van der Waals surface area contributed by atoms with Gasteiger partial charge in [-0.3, -0.25) is 4.79 Å². The topological polar surface area (TPSA) is 94.1 Å². The van der Waals surface area contributed by atoms with Crippen molar-refractivity contribution >= 4 is 5.78 Å². The third-order valence-corrected chi connectivity index (χ3v) is 1.94. The number of rotatable bonds is 2. The molecule has 72 valence electrons. The molecule has 0 spiro atoms. The van der Waals surface area contributed by atoms with Crippen molar-refractivity contribution in [1.29, 1.82) is 10.5 Å². The summed E-state index contributed by atoms with van der Waals surface area (Å²) in [4.78, 5) is 11.1. The lowest BCUT2D eigenvalue weighted by Gasteiger charge is -2.33. The first-order valence-electron chi connectivity index (χ1n) is 4.05. The van der Waals surface area contributed by atoms with Crippen LogP contribution < -0.4 is 0 Å². The van der Waals surface area contributed by atoms with Gasteiger partial charge in [0.25, 0.3) is 0 Å². The van der Waals surface area contributed by atoms with E-state index in [-0.39, 0.29) is 11.1 Å². The zero-order chi connectivity index (χ0) is 10.7. The Morgan fingerprint density at radius 1 is 1.57 bits per heavy atom. The molecule has 1 N–H and O–H groups in total. The molecule has 5 heteroatoms. The Labute approximate surface area is 80.8 Å². The molecule has 2 atom stereocenters. The van der Waals surface area contributed by atoms with Crippen LogP contribution in [0.2, 0.25) is 0 Å². The first-order chi connectivity index (χ1) is 6.67. The number of aliphatic hydroxyl groups is 1. The van der Waals surface area contributed by atoms with Crippen molar-refractivity contribution in [2.45, 2.75) is 19.1 Å². The van der Waals surface area contributed by atoms with Gasteiger partial charge < -0.3 is 9.84 Å². The van der Waals surface area contributed by atoms with Gasteiger partial charge >= 0.3 is 0 Å². The van der Waals surface area contributed by atoms with Gasteiger partial charge in [0.1, 0.15) is 29.9 Å². The van der Waals surface area contributed by atoms with E-state index >= 15 is 0 Å². The largest absolute Gasteiger partial charge is 0.382 e. The number of aliphatic hydroxyl groups excluding tert-OH is 1. The summed E-state index contributed by atoms with van der Waals surface area (Å²) >= 11 is 0. The van der Waals surface area contributed by atoms with Gasteiger partial charge in [-0.05, 0) is 6.92 Å². The van der Waals surface area contributed by atoms with E-state index in [1.807, 2.05) is 0 Å². The van der Waals surface area contributed by atoms with Crippen LogP contribution in [0.1, 0.15) is 6.92 Å². The molecule has 0 aliphatic heterocycles. The number of nitrogens with zero attached hydrogens (tertiary/aromatic N) is 2. The third-order valence-electron chi connectivity index (χ3n) is 1.94. The van der Waals surface area contributed by atoms with Crippen LogP contribution in [0.5, 0.6) is 0 Å². The normalized spacial score (nSPS) is 24.9. The molecule has 0 aromatic rings. The van der Waals surface area contributed by atoms with Crippen LogP contribution in [0.15, 0.2) is 11.1 Å². The fourth-order valence-corrected chi connectivity index (χ4v) is 1.26. The number of ketones is 1. The Balaban J connectivity index is 3.01. The first kappa shape index (κ1) is 10.4. The highest BCUT2D eigenvalue weighted by Gasteiger charge is 2.47. The van der Waals surface area contributed by atoms with Gasteiger partial charge in [-0.2, -0.15) is 10.5 Å². The maximum absolute atomic E-state index is 11.1. The van der Waals surface area contributed by atoms with Crippen LogP contribution in [0, 0.1) is 22.7 Å². The summed E-state index contributed by atoms with van der Waals surface area (Å²) in [6, 6.07) is 3.20. The van der Waals surface area contributed by atoms with Crippen molar-refractivity contribution < 1.29 is 14.6 Å². The van der Waals surface area contributed by atoms with Crippen molar-refractivity contribution in [2.24, 2.45) is 0 Å². The predicted octanol–water partition coefficient (Wildman–Crippen LogP) is -0.321. The number of nitriles is 2. The van der Waals surface area contributed by atoms with Gasteiger partial charge in [0.15, 0.2) is 5.78 Å². The van der Waals surface area contributed by atoms with Gasteiger partial charge in [-0.1, -0.05) is 0 Å². The molecule has 0 radical (unpaired) electrons. The quantitative estimate of drug-likeness (QED) is 0.478. The van der Waals surface area contributed by atoms with Crippen LogP contribution in [0.3, 0.4) is 0 Å². The summed E-state index contributed by atoms with van der Waals surface area (Å²) in [6.07, 6.45) is -2.05. The standard InChI is InChI=1S/C9H8N2O3/c1-2-14-9-6(5(3-10)4-11)7(12)8(9)13/h8-9,13H,2H2,1H3. The summed E-state index contributed by atoms with van der Waals surface area (Å²) in [6.45, 7) is 2.01. The summed E-state index contributed by atoms with van der Waals surface area (Å²) in [5.74, 6) is -0.596. The lowest BCUT2D eigenvalue weighted by molar-refractivity contribution is -0.142. The summed E-state index contributed by atoms with van der Waals surface area (Å²) in [5, 5.41) is 26.3.